The predicted octanol–water partition coefficient (Wildman–Crippen LogP) is 3.22. The van der Waals surface area contributed by atoms with Gasteiger partial charge in [0, 0.05) is 11.6 Å². The number of hydrogen-bond donors (Lipinski definition) is 0. The SMILES string of the molecule is Cc1ccccc1[C@@H]1O[C@@]1(COS(C)(=O)=O)c1ccc(F)cc1F. The van der Waals surface area contributed by atoms with Crippen LogP contribution in [0, 0.1) is 18.6 Å². The highest BCUT2D eigenvalue weighted by atomic mass is 32.2. The molecule has 128 valence electrons. The van der Waals surface area contributed by atoms with Gasteiger partial charge in [-0.25, -0.2) is 8.78 Å². The molecule has 0 radical (unpaired) electrons. The zero-order chi connectivity index (χ0) is 17.5. The summed E-state index contributed by atoms with van der Waals surface area (Å²) in [6, 6.07) is 10.5. The Morgan fingerprint density at radius 3 is 2.54 bits per heavy atom. The molecular formula is C17H16F2O4S. The molecule has 1 fully saturated rings. The molecule has 0 saturated carbocycles. The molecule has 2 aromatic carbocycles. The first-order valence-electron chi connectivity index (χ1n) is 7.26. The number of halogens is 2. The Balaban J connectivity index is 2.02. The van der Waals surface area contributed by atoms with Crippen molar-refractivity contribution in [2.45, 2.75) is 18.6 Å². The summed E-state index contributed by atoms with van der Waals surface area (Å²) < 4.78 is 60.8. The van der Waals surface area contributed by atoms with Gasteiger partial charge in [0.15, 0.2) is 5.60 Å². The first kappa shape index (κ1) is 17.0. The van der Waals surface area contributed by atoms with E-state index in [1.807, 2.05) is 31.2 Å². The molecule has 4 nitrogen and oxygen atoms in total. The highest BCUT2D eigenvalue weighted by Crippen LogP contribution is 2.58. The third kappa shape index (κ3) is 3.19. The smallest absolute Gasteiger partial charge is 0.264 e. The lowest BCUT2D eigenvalue weighted by Crippen LogP contribution is -2.22. The number of hydrogen-bond acceptors (Lipinski definition) is 4. The van der Waals surface area contributed by atoms with Crippen molar-refractivity contribution in [3.05, 3.63) is 70.8 Å². The summed E-state index contributed by atoms with van der Waals surface area (Å²) in [5.41, 5.74) is 0.498. The maximum Gasteiger partial charge on any atom is 0.264 e. The Bertz CT molecular complexity index is 882. The highest BCUT2D eigenvalue weighted by molar-refractivity contribution is 7.85. The fraction of sp³-hybridized carbons (Fsp3) is 0.294. The van der Waals surface area contributed by atoms with Crippen molar-refractivity contribution in [2.75, 3.05) is 12.9 Å². The molecule has 2 atom stereocenters. The normalized spacial score (nSPS) is 23.2. The largest absolute Gasteiger partial charge is 0.353 e. The van der Waals surface area contributed by atoms with Gasteiger partial charge < -0.3 is 4.74 Å². The van der Waals surface area contributed by atoms with Gasteiger partial charge in [0.1, 0.15) is 24.3 Å². The summed E-state index contributed by atoms with van der Waals surface area (Å²) in [6.45, 7) is 1.49. The van der Waals surface area contributed by atoms with E-state index in [-0.39, 0.29) is 12.2 Å². The Morgan fingerprint density at radius 2 is 1.92 bits per heavy atom. The number of benzene rings is 2. The van der Waals surface area contributed by atoms with Crippen LogP contribution < -0.4 is 0 Å². The van der Waals surface area contributed by atoms with E-state index in [9.17, 15) is 17.2 Å². The Labute approximate surface area is 139 Å². The van der Waals surface area contributed by atoms with Gasteiger partial charge in [0.05, 0.1) is 6.26 Å². The van der Waals surface area contributed by atoms with Crippen LogP contribution in [0.1, 0.15) is 22.8 Å². The minimum absolute atomic E-state index is 0.0702. The molecule has 24 heavy (non-hydrogen) atoms. The van der Waals surface area contributed by atoms with Gasteiger partial charge in [0.25, 0.3) is 10.1 Å². The summed E-state index contributed by atoms with van der Waals surface area (Å²) >= 11 is 0. The Hall–Kier alpha value is -1.83. The second kappa shape index (κ2) is 5.91. The zero-order valence-corrected chi connectivity index (χ0v) is 13.9. The molecule has 3 rings (SSSR count). The number of ether oxygens (including phenoxy) is 1. The van der Waals surface area contributed by atoms with Gasteiger partial charge in [0.2, 0.25) is 0 Å². The first-order chi connectivity index (χ1) is 11.2. The molecule has 0 N–H and O–H groups in total. The third-order valence-corrected chi connectivity index (χ3v) is 4.59. The van der Waals surface area contributed by atoms with Crippen molar-refractivity contribution in [1.29, 1.82) is 0 Å². The molecule has 1 aliphatic rings. The summed E-state index contributed by atoms with van der Waals surface area (Å²) in [7, 11) is -3.74. The van der Waals surface area contributed by atoms with E-state index in [4.69, 9.17) is 8.92 Å². The maximum absolute atomic E-state index is 14.3. The number of epoxide rings is 1. The van der Waals surface area contributed by atoms with E-state index in [2.05, 4.69) is 0 Å². The first-order valence-corrected chi connectivity index (χ1v) is 9.08. The molecule has 0 spiro atoms. The van der Waals surface area contributed by atoms with Gasteiger partial charge in [-0.15, -0.1) is 0 Å². The van der Waals surface area contributed by atoms with Crippen LogP contribution in [0.3, 0.4) is 0 Å². The molecule has 0 bridgehead atoms. The lowest BCUT2D eigenvalue weighted by atomic mass is 9.90. The van der Waals surface area contributed by atoms with Crippen LogP contribution in [0.4, 0.5) is 8.78 Å². The predicted molar refractivity (Wildman–Crippen MR) is 83.8 cm³/mol. The third-order valence-electron chi connectivity index (χ3n) is 4.04. The molecule has 1 aliphatic heterocycles. The van der Waals surface area contributed by atoms with Crippen LogP contribution in [0.15, 0.2) is 42.5 Å². The van der Waals surface area contributed by atoms with E-state index in [0.29, 0.717) is 0 Å². The van der Waals surface area contributed by atoms with Gasteiger partial charge in [-0.3, -0.25) is 4.18 Å². The van der Waals surface area contributed by atoms with E-state index < -0.39 is 33.5 Å². The molecule has 0 unspecified atom stereocenters. The molecule has 0 aliphatic carbocycles. The zero-order valence-electron chi connectivity index (χ0n) is 13.1. The summed E-state index contributed by atoms with van der Waals surface area (Å²) in [4.78, 5) is 0. The Kier molecular flexibility index (Phi) is 4.19. The number of aryl methyl sites for hydroxylation is 1. The van der Waals surface area contributed by atoms with E-state index in [1.165, 1.54) is 6.07 Å². The summed E-state index contributed by atoms with van der Waals surface area (Å²) in [5, 5.41) is 0. The molecule has 0 amide bonds. The molecule has 1 saturated heterocycles. The van der Waals surface area contributed by atoms with Crippen LogP contribution in [0.25, 0.3) is 0 Å². The quantitative estimate of drug-likeness (QED) is 0.611. The van der Waals surface area contributed by atoms with Gasteiger partial charge in [-0.2, -0.15) is 8.42 Å². The molecule has 7 heteroatoms. The Morgan fingerprint density at radius 1 is 1.21 bits per heavy atom. The molecular weight excluding hydrogens is 338 g/mol. The van der Waals surface area contributed by atoms with Crippen molar-refractivity contribution in [3.8, 4) is 0 Å². The van der Waals surface area contributed by atoms with Gasteiger partial charge >= 0.3 is 0 Å². The standard InChI is InChI=1S/C17H16F2O4S/c1-11-5-3-4-6-13(11)16-17(23-16,10-22-24(2,20)21)14-8-7-12(18)9-15(14)19/h3-9,16H,10H2,1-2H3/t16-,17-/m0/s1. The number of rotatable bonds is 5. The second-order valence-corrected chi connectivity index (χ2v) is 7.48. The van der Waals surface area contributed by atoms with Crippen LogP contribution in [-0.2, 0) is 24.6 Å². The second-order valence-electron chi connectivity index (χ2n) is 5.83. The summed E-state index contributed by atoms with van der Waals surface area (Å²) in [6.07, 6.45) is 0.341. The van der Waals surface area contributed by atoms with Crippen molar-refractivity contribution in [2.24, 2.45) is 0 Å². The lowest BCUT2D eigenvalue weighted by molar-refractivity contribution is 0.190. The van der Waals surface area contributed by atoms with E-state index in [1.54, 1.807) is 0 Å². The van der Waals surface area contributed by atoms with Crippen LogP contribution in [0.5, 0.6) is 0 Å². The van der Waals surface area contributed by atoms with Crippen molar-refractivity contribution >= 4 is 10.1 Å². The van der Waals surface area contributed by atoms with Gasteiger partial charge in [-0.05, 0) is 24.1 Å². The van der Waals surface area contributed by atoms with Crippen LogP contribution in [0.2, 0.25) is 0 Å². The van der Waals surface area contributed by atoms with E-state index >= 15 is 0 Å². The topological polar surface area (TPSA) is 55.9 Å². The van der Waals surface area contributed by atoms with Gasteiger partial charge in [-0.1, -0.05) is 30.3 Å². The van der Waals surface area contributed by atoms with Crippen molar-refractivity contribution in [3.63, 3.8) is 0 Å². The molecule has 2 aromatic rings. The van der Waals surface area contributed by atoms with Crippen molar-refractivity contribution < 1.29 is 26.1 Å². The minimum atomic E-state index is -3.74. The van der Waals surface area contributed by atoms with Crippen LogP contribution in [-0.4, -0.2) is 21.3 Å². The average molecular weight is 354 g/mol. The van der Waals surface area contributed by atoms with Crippen LogP contribution >= 0.6 is 0 Å². The van der Waals surface area contributed by atoms with Crippen molar-refractivity contribution in [1.82, 2.24) is 0 Å². The maximum atomic E-state index is 14.3. The minimum Gasteiger partial charge on any atom is -0.353 e. The molecule has 1 heterocycles. The molecule has 0 aromatic heterocycles. The monoisotopic (exact) mass is 354 g/mol. The highest BCUT2D eigenvalue weighted by Gasteiger charge is 2.61. The lowest BCUT2D eigenvalue weighted by Gasteiger charge is -2.15. The fourth-order valence-corrected chi connectivity index (χ4v) is 3.18. The average Bonchev–Trinajstić information content (AvgIpc) is 3.20. The fourth-order valence-electron chi connectivity index (χ4n) is 2.79. The summed E-state index contributed by atoms with van der Waals surface area (Å²) in [5.74, 6) is -1.52. The van der Waals surface area contributed by atoms with E-state index in [0.717, 1.165) is 29.5 Å².